The van der Waals surface area contributed by atoms with E-state index in [2.05, 4.69) is 20.6 Å². The zero-order valence-corrected chi connectivity index (χ0v) is 19.9. The van der Waals surface area contributed by atoms with Gasteiger partial charge < -0.3 is 20.6 Å². The molecule has 6 nitrogen and oxygen atoms in total. The fourth-order valence-electron chi connectivity index (χ4n) is 4.67. The third kappa shape index (κ3) is 4.82. The van der Waals surface area contributed by atoms with E-state index in [1.54, 1.807) is 0 Å². The lowest BCUT2D eigenvalue weighted by molar-refractivity contribution is -0.120. The average Bonchev–Trinajstić information content (AvgIpc) is 3.33. The Morgan fingerprint density at radius 1 is 0.714 bits per heavy atom. The molecule has 0 saturated heterocycles. The molecule has 2 amide bonds. The molecule has 5 rings (SSSR count). The van der Waals surface area contributed by atoms with Gasteiger partial charge in [0.25, 0.3) is 0 Å². The number of H-pyrrole nitrogens is 2. The minimum Gasteiger partial charge on any atom is -0.358 e. The third-order valence-electron chi connectivity index (χ3n) is 6.43. The molecule has 6 heteroatoms. The van der Waals surface area contributed by atoms with Crippen molar-refractivity contribution >= 4 is 39.3 Å². The number of hydrogen-bond acceptors (Lipinski definition) is 2. The molecule has 0 radical (unpaired) electrons. The summed E-state index contributed by atoms with van der Waals surface area (Å²) in [7, 11) is 0. The Morgan fingerprint density at radius 2 is 1.29 bits per heavy atom. The summed E-state index contributed by atoms with van der Waals surface area (Å²) >= 11 is 0. The Hall–Kier alpha value is -4.32. The van der Waals surface area contributed by atoms with E-state index in [1.807, 2.05) is 86.6 Å². The van der Waals surface area contributed by atoms with Crippen molar-refractivity contribution in [2.75, 3.05) is 5.32 Å². The second-order valence-corrected chi connectivity index (χ2v) is 8.93. The summed E-state index contributed by atoms with van der Waals surface area (Å²) in [6.45, 7) is 4.38. The number of carbonyl (C=O) groups excluding carboxylic acids is 2. The van der Waals surface area contributed by atoms with Crippen LogP contribution in [0.5, 0.6) is 0 Å². The average molecular weight is 465 g/mol. The molecule has 0 fully saturated rings. The van der Waals surface area contributed by atoms with Crippen LogP contribution in [0.1, 0.15) is 28.1 Å². The zero-order chi connectivity index (χ0) is 24.4. The van der Waals surface area contributed by atoms with E-state index in [9.17, 15) is 9.59 Å². The number of aromatic amines is 2. The van der Waals surface area contributed by atoms with Crippen LogP contribution in [-0.2, 0) is 29.0 Å². The van der Waals surface area contributed by atoms with E-state index in [0.717, 1.165) is 49.9 Å². The lowest BCUT2D eigenvalue weighted by atomic mass is 10.1. The molecule has 176 valence electrons. The van der Waals surface area contributed by atoms with Gasteiger partial charge in [-0.05, 0) is 54.8 Å². The Morgan fingerprint density at radius 3 is 1.91 bits per heavy atom. The molecule has 2 heterocycles. The molecule has 0 atom stereocenters. The first-order valence-electron chi connectivity index (χ1n) is 11.8. The van der Waals surface area contributed by atoms with E-state index in [-0.39, 0.29) is 11.8 Å². The number of carbonyl (C=O) groups is 2. The van der Waals surface area contributed by atoms with Gasteiger partial charge in [-0.3, -0.25) is 9.59 Å². The second kappa shape index (κ2) is 9.50. The quantitative estimate of drug-likeness (QED) is 0.263. The summed E-state index contributed by atoms with van der Waals surface area (Å²) in [5, 5.41) is 8.15. The molecule has 0 spiro atoms. The first kappa shape index (κ1) is 22.5. The molecule has 0 saturated carbocycles. The predicted molar refractivity (Wildman–Crippen MR) is 140 cm³/mol. The minimum absolute atomic E-state index is 0.0397. The lowest BCUT2D eigenvalue weighted by Gasteiger charge is -2.09. The van der Waals surface area contributed by atoms with Crippen LogP contribution in [0, 0.1) is 13.8 Å². The third-order valence-corrected chi connectivity index (χ3v) is 6.43. The van der Waals surface area contributed by atoms with Crippen molar-refractivity contribution in [2.24, 2.45) is 0 Å². The highest BCUT2D eigenvalue weighted by atomic mass is 16.2. The normalized spacial score (nSPS) is 11.1. The molecule has 0 unspecified atom stereocenters. The molecule has 0 aliphatic carbocycles. The molecule has 0 aliphatic rings. The molecular weight excluding hydrogens is 436 g/mol. The number of rotatable bonds is 7. The van der Waals surface area contributed by atoms with Crippen LogP contribution in [0.4, 0.5) is 5.69 Å². The number of aromatic nitrogens is 2. The van der Waals surface area contributed by atoms with Crippen LogP contribution < -0.4 is 10.6 Å². The van der Waals surface area contributed by atoms with Gasteiger partial charge in [0.2, 0.25) is 11.8 Å². The minimum atomic E-state index is -0.0751. The van der Waals surface area contributed by atoms with Crippen molar-refractivity contribution in [2.45, 2.75) is 33.2 Å². The second-order valence-electron chi connectivity index (χ2n) is 8.93. The summed E-state index contributed by atoms with van der Waals surface area (Å²) < 4.78 is 0. The number of fused-ring (bicyclic) bond motifs is 2. The fraction of sp³-hybridized carbons (Fsp3) is 0.172. The number of aryl methyl sites for hydroxylation is 2. The van der Waals surface area contributed by atoms with Crippen molar-refractivity contribution in [1.82, 2.24) is 15.3 Å². The van der Waals surface area contributed by atoms with Gasteiger partial charge in [-0.25, -0.2) is 0 Å². The highest BCUT2D eigenvalue weighted by Crippen LogP contribution is 2.24. The van der Waals surface area contributed by atoms with Gasteiger partial charge in [-0.15, -0.1) is 0 Å². The maximum atomic E-state index is 12.8. The summed E-state index contributed by atoms with van der Waals surface area (Å²) in [4.78, 5) is 32.1. The van der Waals surface area contributed by atoms with Gasteiger partial charge in [-0.2, -0.15) is 0 Å². The van der Waals surface area contributed by atoms with E-state index in [1.165, 1.54) is 0 Å². The number of benzene rings is 3. The van der Waals surface area contributed by atoms with Crippen molar-refractivity contribution < 1.29 is 9.59 Å². The molecule has 4 N–H and O–H groups in total. The van der Waals surface area contributed by atoms with Crippen molar-refractivity contribution in [3.05, 3.63) is 101 Å². The van der Waals surface area contributed by atoms with Gasteiger partial charge >= 0.3 is 0 Å². The number of para-hydroxylation sites is 2. The standard InChI is InChI=1S/C29H28N4O2/c1-18-24(22-10-3-5-12-26(22)31-18)15-28(34)30-17-20-8-7-9-21(14-20)33-29(35)16-25-19(2)32-27-13-6-4-11-23(25)27/h3-14,31-32H,15-17H2,1-2H3,(H,30,34)(H,33,35). The zero-order valence-electron chi connectivity index (χ0n) is 19.9. The predicted octanol–water partition coefficient (Wildman–Crippen LogP) is 5.31. The maximum absolute atomic E-state index is 12.8. The first-order chi connectivity index (χ1) is 17.0. The summed E-state index contributed by atoms with van der Waals surface area (Å²) in [6, 6.07) is 23.6. The first-order valence-corrected chi connectivity index (χ1v) is 11.8. The van der Waals surface area contributed by atoms with E-state index >= 15 is 0 Å². The molecule has 3 aromatic carbocycles. The van der Waals surface area contributed by atoms with Gasteiger partial charge in [0.15, 0.2) is 0 Å². The van der Waals surface area contributed by atoms with E-state index in [4.69, 9.17) is 0 Å². The lowest BCUT2D eigenvalue weighted by Crippen LogP contribution is -2.24. The molecule has 5 aromatic rings. The highest BCUT2D eigenvalue weighted by molar-refractivity contribution is 5.96. The Labute approximate surface area is 203 Å². The Balaban J connectivity index is 1.20. The van der Waals surface area contributed by atoms with Gasteiger partial charge in [0.1, 0.15) is 0 Å². The molecule has 2 aromatic heterocycles. The van der Waals surface area contributed by atoms with Gasteiger partial charge in [-0.1, -0.05) is 48.5 Å². The van der Waals surface area contributed by atoms with E-state index < -0.39 is 0 Å². The SMILES string of the molecule is Cc1[nH]c2ccccc2c1CC(=O)NCc1cccc(NC(=O)Cc2c(C)[nH]c3ccccc23)c1. The van der Waals surface area contributed by atoms with Crippen LogP contribution >= 0.6 is 0 Å². The molecule has 35 heavy (non-hydrogen) atoms. The number of amides is 2. The Bertz CT molecular complexity index is 1540. The van der Waals surface area contributed by atoms with Gasteiger partial charge in [0.05, 0.1) is 12.8 Å². The van der Waals surface area contributed by atoms with E-state index in [0.29, 0.717) is 25.1 Å². The summed E-state index contributed by atoms with van der Waals surface area (Å²) in [6.07, 6.45) is 0.608. The van der Waals surface area contributed by atoms with Crippen LogP contribution in [0.3, 0.4) is 0 Å². The fourth-order valence-corrected chi connectivity index (χ4v) is 4.67. The maximum Gasteiger partial charge on any atom is 0.228 e. The van der Waals surface area contributed by atoms with Crippen molar-refractivity contribution in [3.8, 4) is 0 Å². The largest absolute Gasteiger partial charge is 0.358 e. The topological polar surface area (TPSA) is 89.8 Å². The van der Waals surface area contributed by atoms with Gasteiger partial charge in [0, 0.05) is 45.4 Å². The van der Waals surface area contributed by atoms with Crippen LogP contribution in [0.15, 0.2) is 72.8 Å². The summed E-state index contributed by atoms with van der Waals surface area (Å²) in [5.74, 6) is -0.115. The van der Waals surface area contributed by atoms with Crippen LogP contribution in [0.2, 0.25) is 0 Å². The molecular formula is C29H28N4O2. The highest BCUT2D eigenvalue weighted by Gasteiger charge is 2.14. The number of hydrogen-bond donors (Lipinski definition) is 4. The number of nitrogens with one attached hydrogen (secondary N) is 4. The molecule has 0 bridgehead atoms. The molecule has 0 aliphatic heterocycles. The summed E-state index contributed by atoms with van der Waals surface area (Å²) in [5.41, 5.74) is 7.76. The smallest absolute Gasteiger partial charge is 0.228 e. The Kier molecular flexibility index (Phi) is 6.10. The van der Waals surface area contributed by atoms with Crippen molar-refractivity contribution in [1.29, 1.82) is 0 Å². The monoisotopic (exact) mass is 464 g/mol. The number of anilines is 1. The van der Waals surface area contributed by atoms with Crippen LogP contribution in [0.25, 0.3) is 21.8 Å². The van der Waals surface area contributed by atoms with Crippen LogP contribution in [-0.4, -0.2) is 21.8 Å². The van der Waals surface area contributed by atoms with Crippen molar-refractivity contribution in [3.63, 3.8) is 0 Å².